The highest BCUT2D eigenvalue weighted by Crippen LogP contribution is 2.29. The molecule has 0 amide bonds. The molecule has 0 fully saturated rings. The minimum absolute atomic E-state index is 0.206. The van der Waals surface area contributed by atoms with Gasteiger partial charge in [0.25, 0.3) is 0 Å². The number of carboxylic acid groups (broad SMARTS) is 1. The van der Waals surface area contributed by atoms with E-state index >= 15 is 0 Å². The molecule has 0 radical (unpaired) electrons. The summed E-state index contributed by atoms with van der Waals surface area (Å²) < 4.78 is 15.2. The number of hydrogen-bond donors (Lipinski definition) is 2. The number of para-hydroxylation sites is 1. The summed E-state index contributed by atoms with van der Waals surface area (Å²) in [4.78, 5) is 12.2. The van der Waals surface area contributed by atoms with Crippen molar-refractivity contribution in [2.45, 2.75) is 19.6 Å². The normalized spacial score (nSPS) is 11.1. The molecule has 1 aromatic heterocycles. The number of benzene rings is 3. The summed E-state index contributed by atoms with van der Waals surface area (Å²) in [6, 6.07) is 21.7. The van der Waals surface area contributed by atoms with Crippen molar-refractivity contribution in [1.29, 1.82) is 0 Å². The monoisotopic (exact) mass is 422 g/mol. The van der Waals surface area contributed by atoms with Crippen LogP contribution in [0.1, 0.15) is 27.2 Å². The predicted octanol–water partition coefficient (Wildman–Crippen LogP) is 5.47. The van der Waals surface area contributed by atoms with Gasteiger partial charge in [-0.2, -0.15) is 0 Å². The molecular formula is C24H20ClFN2O2. The average molecular weight is 423 g/mol. The first-order chi connectivity index (χ1) is 14.5. The van der Waals surface area contributed by atoms with Crippen LogP contribution in [-0.2, 0) is 19.6 Å². The number of aromatic nitrogens is 1. The first-order valence-corrected chi connectivity index (χ1v) is 9.94. The van der Waals surface area contributed by atoms with E-state index < -0.39 is 11.8 Å². The van der Waals surface area contributed by atoms with Crippen molar-refractivity contribution >= 4 is 28.5 Å². The van der Waals surface area contributed by atoms with Crippen LogP contribution in [0.25, 0.3) is 10.9 Å². The van der Waals surface area contributed by atoms with Gasteiger partial charge in [-0.15, -0.1) is 0 Å². The number of hydrogen-bond acceptors (Lipinski definition) is 2. The molecule has 0 spiro atoms. The molecular weight excluding hydrogens is 403 g/mol. The van der Waals surface area contributed by atoms with Crippen LogP contribution in [0.3, 0.4) is 0 Å². The highest BCUT2D eigenvalue weighted by Gasteiger charge is 2.22. The van der Waals surface area contributed by atoms with Crippen molar-refractivity contribution in [2.75, 3.05) is 0 Å². The standard InChI is InChI=1S/C24H20ClFN2O2/c25-21-12-18(26)11-10-17(21)15-28-22-9-5-4-8-19(22)20(23(28)24(29)30)14-27-13-16-6-2-1-3-7-16/h1-12,27H,13-15H2,(H,29,30). The van der Waals surface area contributed by atoms with Gasteiger partial charge in [-0.3, -0.25) is 0 Å². The van der Waals surface area contributed by atoms with Crippen LogP contribution < -0.4 is 5.32 Å². The first-order valence-electron chi connectivity index (χ1n) is 9.56. The minimum atomic E-state index is -1.01. The maximum Gasteiger partial charge on any atom is 0.352 e. The Morgan fingerprint density at radius 2 is 1.73 bits per heavy atom. The molecule has 4 aromatic rings. The number of nitrogens with one attached hydrogen (secondary N) is 1. The molecule has 4 nitrogen and oxygen atoms in total. The summed E-state index contributed by atoms with van der Waals surface area (Å²) in [6.07, 6.45) is 0. The molecule has 3 aromatic carbocycles. The summed E-state index contributed by atoms with van der Waals surface area (Å²) in [5, 5.41) is 14.5. The van der Waals surface area contributed by atoms with Crippen molar-refractivity contribution in [2.24, 2.45) is 0 Å². The van der Waals surface area contributed by atoms with Gasteiger partial charge in [0.15, 0.2) is 0 Å². The lowest BCUT2D eigenvalue weighted by Gasteiger charge is -2.11. The van der Waals surface area contributed by atoms with Crippen molar-refractivity contribution in [3.05, 3.63) is 106 Å². The van der Waals surface area contributed by atoms with Gasteiger partial charge in [0.1, 0.15) is 11.5 Å². The van der Waals surface area contributed by atoms with Gasteiger partial charge in [-0.1, -0.05) is 66.2 Å². The lowest BCUT2D eigenvalue weighted by molar-refractivity contribution is 0.0684. The topological polar surface area (TPSA) is 54.3 Å². The lowest BCUT2D eigenvalue weighted by Crippen LogP contribution is -2.17. The Labute approximate surface area is 178 Å². The van der Waals surface area contributed by atoms with Gasteiger partial charge in [-0.25, -0.2) is 9.18 Å². The molecule has 0 aliphatic carbocycles. The zero-order chi connectivity index (χ0) is 21.1. The van der Waals surface area contributed by atoms with Crippen molar-refractivity contribution < 1.29 is 14.3 Å². The Bertz CT molecular complexity index is 1200. The minimum Gasteiger partial charge on any atom is -0.477 e. The van der Waals surface area contributed by atoms with Crippen LogP contribution in [0.15, 0.2) is 72.8 Å². The molecule has 152 valence electrons. The number of aromatic carboxylic acids is 1. The molecule has 1 heterocycles. The number of halogens is 2. The van der Waals surface area contributed by atoms with Gasteiger partial charge in [0, 0.05) is 41.1 Å². The van der Waals surface area contributed by atoms with Crippen molar-refractivity contribution in [3.8, 4) is 0 Å². The molecule has 0 unspecified atom stereocenters. The van der Waals surface area contributed by atoms with E-state index in [1.165, 1.54) is 12.1 Å². The summed E-state index contributed by atoms with van der Waals surface area (Å²) >= 11 is 6.21. The van der Waals surface area contributed by atoms with Crippen LogP contribution in [0.4, 0.5) is 4.39 Å². The van der Waals surface area contributed by atoms with E-state index in [1.807, 2.05) is 54.6 Å². The Kier molecular flexibility index (Phi) is 5.84. The maximum atomic E-state index is 13.4. The third-order valence-electron chi connectivity index (χ3n) is 5.10. The quantitative estimate of drug-likeness (QED) is 0.415. The predicted molar refractivity (Wildman–Crippen MR) is 116 cm³/mol. The lowest BCUT2D eigenvalue weighted by atomic mass is 10.1. The molecule has 0 saturated heterocycles. The van der Waals surface area contributed by atoms with E-state index in [9.17, 15) is 14.3 Å². The van der Waals surface area contributed by atoms with E-state index in [1.54, 1.807) is 10.6 Å². The van der Waals surface area contributed by atoms with Crippen LogP contribution >= 0.6 is 11.6 Å². The number of fused-ring (bicyclic) bond motifs is 1. The van der Waals surface area contributed by atoms with E-state index in [2.05, 4.69) is 5.32 Å². The zero-order valence-electron chi connectivity index (χ0n) is 16.1. The summed E-state index contributed by atoms with van der Waals surface area (Å²) in [7, 11) is 0. The SMILES string of the molecule is O=C(O)c1c(CNCc2ccccc2)c2ccccc2n1Cc1ccc(F)cc1Cl. The summed E-state index contributed by atoms with van der Waals surface area (Å²) in [6.45, 7) is 1.27. The van der Waals surface area contributed by atoms with Crippen molar-refractivity contribution in [1.82, 2.24) is 9.88 Å². The van der Waals surface area contributed by atoms with Gasteiger partial charge < -0.3 is 15.0 Å². The van der Waals surface area contributed by atoms with E-state index in [-0.39, 0.29) is 17.3 Å². The fourth-order valence-corrected chi connectivity index (χ4v) is 3.94. The molecule has 0 saturated carbocycles. The number of rotatable bonds is 7. The van der Waals surface area contributed by atoms with Crippen LogP contribution in [0.2, 0.25) is 5.02 Å². The molecule has 0 atom stereocenters. The van der Waals surface area contributed by atoms with Gasteiger partial charge in [-0.05, 0) is 29.3 Å². The van der Waals surface area contributed by atoms with E-state index in [0.29, 0.717) is 24.2 Å². The van der Waals surface area contributed by atoms with Gasteiger partial charge in [0.05, 0.1) is 0 Å². The summed E-state index contributed by atoms with van der Waals surface area (Å²) in [5.41, 5.74) is 3.50. The third-order valence-corrected chi connectivity index (χ3v) is 5.45. The highest BCUT2D eigenvalue weighted by molar-refractivity contribution is 6.31. The second-order valence-corrected chi connectivity index (χ2v) is 7.47. The molecule has 6 heteroatoms. The zero-order valence-corrected chi connectivity index (χ0v) is 16.9. The second-order valence-electron chi connectivity index (χ2n) is 7.06. The maximum absolute atomic E-state index is 13.4. The van der Waals surface area contributed by atoms with Crippen LogP contribution in [-0.4, -0.2) is 15.6 Å². The van der Waals surface area contributed by atoms with Crippen LogP contribution in [0.5, 0.6) is 0 Å². The van der Waals surface area contributed by atoms with Crippen LogP contribution in [0, 0.1) is 5.82 Å². The molecule has 0 bridgehead atoms. The largest absolute Gasteiger partial charge is 0.477 e. The fraction of sp³-hybridized carbons (Fsp3) is 0.125. The highest BCUT2D eigenvalue weighted by atomic mass is 35.5. The molecule has 0 aliphatic heterocycles. The Hall–Kier alpha value is -3.15. The molecule has 0 aliphatic rings. The molecule has 2 N–H and O–H groups in total. The Morgan fingerprint density at radius 1 is 1.00 bits per heavy atom. The second kappa shape index (κ2) is 8.69. The fourth-order valence-electron chi connectivity index (χ4n) is 3.71. The third kappa shape index (κ3) is 4.08. The van der Waals surface area contributed by atoms with E-state index in [0.717, 1.165) is 16.5 Å². The smallest absolute Gasteiger partial charge is 0.352 e. The number of carboxylic acids is 1. The van der Waals surface area contributed by atoms with Crippen molar-refractivity contribution in [3.63, 3.8) is 0 Å². The first kappa shape index (κ1) is 20.1. The molecule has 4 rings (SSSR count). The number of carbonyl (C=O) groups is 1. The van der Waals surface area contributed by atoms with E-state index in [4.69, 9.17) is 11.6 Å². The van der Waals surface area contributed by atoms with Gasteiger partial charge in [0.2, 0.25) is 0 Å². The summed E-state index contributed by atoms with van der Waals surface area (Å²) in [5.74, 6) is -1.44. The molecule has 30 heavy (non-hydrogen) atoms. The number of nitrogens with zero attached hydrogens (tertiary/aromatic N) is 1. The Balaban J connectivity index is 1.72. The Morgan fingerprint density at radius 3 is 2.47 bits per heavy atom. The van der Waals surface area contributed by atoms with Gasteiger partial charge >= 0.3 is 5.97 Å². The average Bonchev–Trinajstić information content (AvgIpc) is 3.05.